The van der Waals surface area contributed by atoms with Crippen LogP contribution in [0.2, 0.25) is 0 Å². The van der Waals surface area contributed by atoms with E-state index in [1.54, 1.807) is 24.3 Å². The number of furan rings is 1. The fraction of sp³-hybridized carbons (Fsp3) is 0.0667. The number of hydrogen-bond donors (Lipinski definition) is 0. The first-order valence-corrected chi connectivity index (χ1v) is 5.91. The van der Waals surface area contributed by atoms with Crippen LogP contribution in [0.1, 0.15) is 10.4 Å². The van der Waals surface area contributed by atoms with Crippen LogP contribution < -0.4 is 0 Å². The predicted octanol–water partition coefficient (Wildman–Crippen LogP) is 3.42. The van der Waals surface area contributed by atoms with Gasteiger partial charge in [0.25, 0.3) is 0 Å². The van der Waals surface area contributed by atoms with Crippen molar-refractivity contribution >= 4 is 17.1 Å². The van der Waals surface area contributed by atoms with Crippen LogP contribution in [-0.2, 0) is 4.74 Å². The summed E-state index contributed by atoms with van der Waals surface area (Å²) in [4.78, 5) is 16.0. The summed E-state index contributed by atoms with van der Waals surface area (Å²) in [5.74, 6) is -0.819. The van der Waals surface area contributed by atoms with Gasteiger partial charge in [-0.15, -0.1) is 0 Å². The van der Waals surface area contributed by atoms with Crippen LogP contribution in [0.3, 0.4) is 0 Å². The molecule has 0 aliphatic heterocycles. The number of benzene rings is 1. The van der Waals surface area contributed by atoms with E-state index in [2.05, 4.69) is 9.72 Å². The molecule has 2 heterocycles. The van der Waals surface area contributed by atoms with Gasteiger partial charge in [-0.25, -0.2) is 14.2 Å². The fourth-order valence-electron chi connectivity index (χ4n) is 1.95. The Balaban J connectivity index is 2.14. The number of fused-ring (bicyclic) bond motifs is 1. The first-order valence-electron chi connectivity index (χ1n) is 5.91. The minimum atomic E-state index is -0.507. The molecule has 0 spiro atoms. The van der Waals surface area contributed by atoms with Crippen LogP contribution in [0.15, 0.2) is 47.1 Å². The molecule has 0 saturated carbocycles. The number of aromatic nitrogens is 1. The molecule has 0 bridgehead atoms. The highest BCUT2D eigenvalue weighted by atomic mass is 19.1. The first kappa shape index (κ1) is 12.3. The van der Waals surface area contributed by atoms with Gasteiger partial charge in [0.15, 0.2) is 5.58 Å². The first-order chi connectivity index (χ1) is 9.69. The largest absolute Gasteiger partial charge is 0.465 e. The number of pyridine rings is 1. The van der Waals surface area contributed by atoms with Crippen LogP contribution in [0.25, 0.3) is 22.4 Å². The van der Waals surface area contributed by atoms with Crippen molar-refractivity contribution in [2.75, 3.05) is 7.11 Å². The van der Waals surface area contributed by atoms with Crippen LogP contribution >= 0.6 is 0 Å². The number of halogens is 1. The van der Waals surface area contributed by atoms with E-state index in [0.717, 1.165) is 5.56 Å². The summed E-state index contributed by atoms with van der Waals surface area (Å²) in [6, 6.07) is 9.44. The van der Waals surface area contributed by atoms with E-state index in [1.807, 2.05) is 0 Å². The van der Waals surface area contributed by atoms with Crippen LogP contribution in [0.4, 0.5) is 4.39 Å². The maximum absolute atomic E-state index is 12.9. The second-order valence-corrected chi connectivity index (χ2v) is 4.19. The molecule has 1 aromatic carbocycles. The highest BCUT2D eigenvalue weighted by molar-refractivity contribution is 6.01. The smallest absolute Gasteiger partial charge is 0.343 e. The molecule has 20 heavy (non-hydrogen) atoms. The Morgan fingerprint density at radius 3 is 2.65 bits per heavy atom. The lowest BCUT2D eigenvalue weighted by Gasteiger charge is -2.01. The molecule has 5 heteroatoms. The molecule has 0 aliphatic rings. The van der Waals surface area contributed by atoms with Crippen LogP contribution in [0, 0.1) is 5.82 Å². The van der Waals surface area contributed by atoms with Gasteiger partial charge >= 0.3 is 5.97 Å². The van der Waals surface area contributed by atoms with E-state index in [-0.39, 0.29) is 11.4 Å². The number of methoxy groups -OCH3 is 1. The van der Waals surface area contributed by atoms with Crippen molar-refractivity contribution in [2.45, 2.75) is 0 Å². The Kier molecular flexibility index (Phi) is 2.95. The highest BCUT2D eigenvalue weighted by Gasteiger charge is 2.16. The maximum atomic E-state index is 12.9. The molecule has 100 valence electrons. The van der Waals surface area contributed by atoms with Crippen LogP contribution in [-0.4, -0.2) is 18.1 Å². The summed E-state index contributed by atoms with van der Waals surface area (Å²) in [5, 5.41) is 0. The maximum Gasteiger partial charge on any atom is 0.343 e. The Hall–Kier alpha value is -2.69. The molecule has 4 nitrogen and oxygen atoms in total. The number of carbonyl (C=O) groups is 1. The molecule has 0 aliphatic carbocycles. The molecule has 2 aromatic heterocycles. The number of carbonyl (C=O) groups excluding carboxylic acids is 1. The highest BCUT2D eigenvalue weighted by Crippen LogP contribution is 2.25. The summed E-state index contributed by atoms with van der Waals surface area (Å²) in [7, 11) is 1.30. The third-order valence-corrected chi connectivity index (χ3v) is 2.96. The fourth-order valence-corrected chi connectivity index (χ4v) is 1.95. The molecule has 0 fully saturated rings. The minimum absolute atomic E-state index is 0.270. The van der Waals surface area contributed by atoms with Crippen molar-refractivity contribution < 1.29 is 18.3 Å². The SMILES string of the molecule is COC(=O)c1coc2ccc(-c3ccc(F)cc3)nc12. The summed E-state index contributed by atoms with van der Waals surface area (Å²) in [5.41, 5.74) is 2.58. The minimum Gasteiger partial charge on any atom is -0.465 e. The van der Waals surface area contributed by atoms with E-state index in [9.17, 15) is 9.18 Å². The molecule has 0 saturated heterocycles. The molecule has 0 atom stereocenters. The summed E-state index contributed by atoms with van der Waals surface area (Å²) in [6.07, 6.45) is 1.32. The molecule has 0 amide bonds. The summed E-state index contributed by atoms with van der Waals surface area (Å²) < 4.78 is 22.9. The van der Waals surface area contributed by atoms with Gasteiger partial charge in [0, 0.05) is 5.56 Å². The zero-order valence-corrected chi connectivity index (χ0v) is 10.6. The van der Waals surface area contributed by atoms with Crippen LogP contribution in [0.5, 0.6) is 0 Å². The molecule has 3 rings (SSSR count). The average molecular weight is 271 g/mol. The third-order valence-electron chi connectivity index (χ3n) is 2.96. The van der Waals surface area contributed by atoms with Crippen molar-refractivity contribution in [3.05, 3.63) is 54.0 Å². The molecule has 0 N–H and O–H groups in total. The van der Waals surface area contributed by atoms with E-state index in [4.69, 9.17) is 4.42 Å². The van der Waals surface area contributed by atoms with Gasteiger partial charge in [0.2, 0.25) is 0 Å². The summed E-state index contributed by atoms with van der Waals surface area (Å²) >= 11 is 0. The Morgan fingerprint density at radius 2 is 1.95 bits per heavy atom. The van der Waals surface area contributed by atoms with Crippen molar-refractivity contribution in [3.63, 3.8) is 0 Å². The molecule has 3 aromatic rings. The summed E-state index contributed by atoms with van der Waals surface area (Å²) in [6.45, 7) is 0. The molecule has 0 unspecified atom stereocenters. The van der Waals surface area contributed by atoms with Gasteiger partial charge in [0.1, 0.15) is 23.2 Å². The lowest BCUT2D eigenvalue weighted by molar-refractivity contribution is 0.0601. The van der Waals surface area contributed by atoms with E-state index in [0.29, 0.717) is 16.8 Å². The van der Waals surface area contributed by atoms with E-state index in [1.165, 1.54) is 25.5 Å². The van der Waals surface area contributed by atoms with Gasteiger partial charge in [0.05, 0.1) is 12.8 Å². The Morgan fingerprint density at radius 1 is 1.20 bits per heavy atom. The average Bonchev–Trinajstić information content (AvgIpc) is 2.90. The van der Waals surface area contributed by atoms with Crippen molar-refractivity contribution in [3.8, 4) is 11.3 Å². The molecular weight excluding hydrogens is 261 g/mol. The standard InChI is InChI=1S/C15H10FNO3/c1-19-15(18)11-8-20-13-7-6-12(17-14(11)13)9-2-4-10(16)5-3-9/h2-8H,1H3. The van der Waals surface area contributed by atoms with Crippen molar-refractivity contribution in [1.29, 1.82) is 0 Å². The van der Waals surface area contributed by atoms with Gasteiger partial charge in [-0.3, -0.25) is 0 Å². The topological polar surface area (TPSA) is 52.3 Å². The zero-order chi connectivity index (χ0) is 14.1. The Labute approximate surface area is 113 Å². The molecule has 0 radical (unpaired) electrons. The van der Waals surface area contributed by atoms with Crippen molar-refractivity contribution in [1.82, 2.24) is 4.98 Å². The number of rotatable bonds is 2. The van der Waals surface area contributed by atoms with Gasteiger partial charge < -0.3 is 9.15 Å². The number of esters is 1. The monoisotopic (exact) mass is 271 g/mol. The zero-order valence-electron chi connectivity index (χ0n) is 10.6. The lowest BCUT2D eigenvalue weighted by Crippen LogP contribution is -2.00. The van der Waals surface area contributed by atoms with Gasteiger partial charge in [-0.1, -0.05) is 0 Å². The predicted molar refractivity (Wildman–Crippen MR) is 70.7 cm³/mol. The third kappa shape index (κ3) is 2.03. The number of hydrogen-bond acceptors (Lipinski definition) is 4. The molecular formula is C15H10FNO3. The van der Waals surface area contributed by atoms with Gasteiger partial charge in [-0.05, 0) is 36.4 Å². The second-order valence-electron chi connectivity index (χ2n) is 4.19. The van der Waals surface area contributed by atoms with Gasteiger partial charge in [-0.2, -0.15) is 0 Å². The number of ether oxygens (including phenoxy) is 1. The van der Waals surface area contributed by atoms with E-state index < -0.39 is 5.97 Å². The van der Waals surface area contributed by atoms with Crippen molar-refractivity contribution in [2.24, 2.45) is 0 Å². The number of nitrogens with zero attached hydrogens (tertiary/aromatic N) is 1. The lowest BCUT2D eigenvalue weighted by atomic mass is 10.1. The Bertz CT molecular complexity index is 777. The second kappa shape index (κ2) is 4.77. The quantitative estimate of drug-likeness (QED) is 0.670. The normalized spacial score (nSPS) is 10.7. The van der Waals surface area contributed by atoms with E-state index >= 15 is 0 Å².